The van der Waals surface area contributed by atoms with Crippen molar-refractivity contribution in [3.05, 3.63) is 23.4 Å². The van der Waals surface area contributed by atoms with E-state index in [2.05, 4.69) is 38.5 Å². The summed E-state index contributed by atoms with van der Waals surface area (Å²) >= 11 is 4.59. The standard InChI is InChI=1S/C7H13INS.2C2H6N.CH3.Zr/c1-9-5-10-7-4-2-3-6(7)8;2*1-3-2;;/h6-7H,2-5H2,1H3;2*1-2H3;1H3;/q4*-1;+4. The zero-order chi connectivity index (χ0) is 12.8. The van der Waals surface area contributed by atoms with Gasteiger partial charge in [-0.3, -0.25) is 0 Å². The van der Waals surface area contributed by atoms with Crippen molar-refractivity contribution in [2.45, 2.75) is 28.4 Å². The van der Waals surface area contributed by atoms with E-state index in [0.29, 0.717) is 0 Å². The van der Waals surface area contributed by atoms with Gasteiger partial charge in [0.05, 0.1) is 0 Å². The van der Waals surface area contributed by atoms with Crippen molar-refractivity contribution in [1.82, 2.24) is 0 Å². The summed E-state index contributed by atoms with van der Waals surface area (Å²) in [5.74, 6) is 0.990. The summed E-state index contributed by atoms with van der Waals surface area (Å²) in [6.07, 6.45) is 4.25. The molecule has 0 saturated heterocycles. The van der Waals surface area contributed by atoms with Gasteiger partial charge in [-0.1, -0.05) is 29.0 Å². The average molecular weight is 465 g/mol. The summed E-state index contributed by atoms with van der Waals surface area (Å²) < 4.78 is 0.907. The van der Waals surface area contributed by atoms with Gasteiger partial charge in [-0.2, -0.15) is 47.0 Å². The second kappa shape index (κ2) is 23.9. The molecule has 2 atom stereocenters. The van der Waals surface area contributed by atoms with Crippen molar-refractivity contribution in [2.75, 3.05) is 41.1 Å². The van der Waals surface area contributed by atoms with Gasteiger partial charge in [-0.25, -0.2) is 0 Å². The Balaban J connectivity index is -0.000000106. The third kappa shape index (κ3) is 20.2. The Bertz CT molecular complexity index is 132. The first-order valence-corrected chi connectivity index (χ1v) is 7.74. The van der Waals surface area contributed by atoms with E-state index in [1.807, 2.05) is 18.8 Å². The molecular formula is C12H28IN3SZr. The fraction of sp³-hybridized carbons (Fsp3) is 0.917. The molecule has 1 fully saturated rings. The molecule has 0 aromatic heterocycles. The number of alkyl halides is 1. The largest absolute Gasteiger partial charge is 4.00 e. The first-order chi connectivity index (χ1) is 7.67. The molecule has 1 rings (SSSR count). The smallest absolute Gasteiger partial charge is 0.668 e. The molecule has 1 aliphatic carbocycles. The molecule has 0 spiro atoms. The summed E-state index contributed by atoms with van der Waals surface area (Å²) in [4.78, 5) is 0. The number of rotatable bonds is 3. The molecular weight excluding hydrogens is 436 g/mol. The molecule has 0 aromatic rings. The quantitative estimate of drug-likeness (QED) is 0.338. The fourth-order valence-corrected chi connectivity index (χ4v) is 3.68. The molecule has 108 valence electrons. The predicted octanol–water partition coefficient (Wildman–Crippen LogP) is 4.72. The van der Waals surface area contributed by atoms with E-state index in [-0.39, 0.29) is 33.6 Å². The molecule has 0 aliphatic heterocycles. The van der Waals surface area contributed by atoms with E-state index in [9.17, 15) is 0 Å². The topological polar surface area (TPSA) is 42.3 Å². The Morgan fingerprint density at radius 2 is 1.50 bits per heavy atom. The van der Waals surface area contributed by atoms with Gasteiger partial charge in [-0.15, -0.1) is 5.88 Å². The maximum Gasteiger partial charge on any atom is 4.00 e. The normalized spacial score (nSPS) is 20.3. The van der Waals surface area contributed by atoms with E-state index in [1.54, 1.807) is 28.2 Å². The molecule has 18 heavy (non-hydrogen) atoms. The van der Waals surface area contributed by atoms with Crippen LogP contribution in [0.5, 0.6) is 0 Å². The maximum absolute atomic E-state index is 4.09. The molecule has 0 N–H and O–H groups in total. The van der Waals surface area contributed by atoms with E-state index in [4.69, 9.17) is 0 Å². The number of nitrogens with zero attached hydrogens (tertiary/aromatic N) is 3. The van der Waals surface area contributed by atoms with Crippen LogP contribution in [0.4, 0.5) is 0 Å². The zero-order valence-corrected chi connectivity index (χ0v) is 18.0. The van der Waals surface area contributed by atoms with Crippen LogP contribution >= 0.6 is 34.4 Å². The minimum Gasteiger partial charge on any atom is -0.668 e. The molecule has 1 saturated carbocycles. The summed E-state index contributed by atoms with van der Waals surface area (Å²) in [6, 6.07) is 0. The van der Waals surface area contributed by atoms with Gasteiger partial charge in [0.25, 0.3) is 0 Å². The summed E-state index contributed by atoms with van der Waals surface area (Å²) in [5, 5.41) is 12.0. The zero-order valence-electron chi connectivity index (χ0n) is 12.6. The van der Waals surface area contributed by atoms with Crippen LogP contribution in [0.25, 0.3) is 16.0 Å². The van der Waals surface area contributed by atoms with Crippen LogP contribution in [0.3, 0.4) is 0 Å². The maximum atomic E-state index is 4.09. The minimum atomic E-state index is 0. The fourth-order valence-electron chi connectivity index (χ4n) is 1.24. The van der Waals surface area contributed by atoms with Crippen molar-refractivity contribution < 1.29 is 26.2 Å². The van der Waals surface area contributed by atoms with Gasteiger partial charge in [0, 0.05) is 9.17 Å². The number of hydrogen-bond donors (Lipinski definition) is 0. The van der Waals surface area contributed by atoms with Crippen LogP contribution in [0.2, 0.25) is 0 Å². The van der Waals surface area contributed by atoms with E-state index >= 15 is 0 Å². The molecule has 0 radical (unpaired) electrons. The minimum absolute atomic E-state index is 0. The third-order valence-corrected chi connectivity index (χ3v) is 5.17. The molecule has 1 aliphatic rings. The summed E-state index contributed by atoms with van der Waals surface area (Å²) in [6.45, 7) is 0. The Kier molecular flexibility index (Phi) is 37.3. The summed E-state index contributed by atoms with van der Waals surface area (Å²) in [5.41, 5.74) is 0. The van der Waals surface area contributed by atoms with Gasteiger partial charge >= 0.3 is 26.2 Å². The Hall–Kier alpha value is 1.84. The molecule has 0 bridgehead atoms. The average Bonchev–Trinajstić information content (AvgIpc) is 2.63. The van der Waals surface area contributed by atoms with Crippen LogP contribution in [0.1, 0.15) is 19.3 Å². The second-order valence-electron chi connectivity index (χ2n) is 3.49. The molecule has 3 nitrogen and oxygen atoms in total. The van der Waals surface area contributed by atoms with Crippen LogP contribution < -0.4 is 0 Å². The van der Waals surface area contributed by atoms with Gasteiger partial charge < -0.3 is 23.4 Å². The molecule has 0 amide bonds. The van der Waals surface area contributed by atoms with Crippen LogP contribution in [-0.4, -0.2) is 50.3 Å². The van der Waals surface area contributed by atoms with E-state index in [1.165, 1.54) is 19.3 Å². The van der Waals surface area contributed by atoms with Crippen molar-refractivity contribution in [2.24, 2.45) is 0 Å². The van der Waals surface area contributed by atoms with Gasteiger partial charge in [0.2, 0.25) is 0 Å². The number of thioether (sulfide) groups is 1. The Morgan fingerprint density at radius 3 is 1.78 bits per heavy atom. The van der Waals surface area contributed by atoms with Gasteiger partial charge in [0.15, 0.2) is 0 Å². The van der Waals surface area contributed by atoms with Crippen LogP contribution in [-0.2, 0) is 26.2 Å². The van der Waals surface area contributed by atoms with Gasteiger partial charge in [-0.05, 0) is 12.8 Å². The van der Waals surface area contributed by atoms with Crippen molar-refractivity contribution >= 4 is 34.4 Å². The number of hydrogen-bond acceptors (Lipinski definition) is 1. The predicted molar refractivity (Wildman–Crippen MR) is 94.0 cm³/mol. The van der Waals surface area contributed by atoms with E-state index < -0.39 is 0 Å². The van der Waals surface area contributed by atoms with Crippen molar-refractivity contribution in [3.63, 3.8) is 0 Å². The summed E-state index contributed by atoms with van der Waals surface area (Å²) in [7, 11) is 8.89. The van der Waals surface area contributed by atoms with Gasteiger partial charge in [0.1, 0.15) is 0 Å². The Morgan fingerprint density at radius 1 is 1.06 bits per heavy atom. The third-order valence-electron chi connectivity index (χ3n) is 1.79. The molecule has 0 heterocycles. The number of halogens is 1. The van der Waals surface area contributed by atoms with Crippen LogP contribution in [0.15, 0.2) is 0 Å². The molecule has 2 unspecified atom stereocenters. The van der Waals surface area contributed by atoms with Crippen molar-refractivity contribution in [1.29, 1.82) is 0 Å². The van der Waals surface area contributed by atoms with E-state index in [0.717, 1.165) is 15.1 Å². The SMILES string of the molecule is C[N-]C.C[N-]C.C[N-]CSC1CCCC1I.[CH3-].[Zr+4]. The monoisotopic (exact) mass is 463 g/mol. The molecule has 6 heteroatoms. The van der Waals surface area contributed by atoms with Crippen LogP contribution in [0, 0.1) is 7.43 Å². The van der Waals surface area contributed by atoms with Crippen molar-refractivity contribution in [3.8, 4) is 0 Å². The second-order valence-corrected chi connectivity index (χ2v) is 6.29. The first-order valence-electron chi connectivity index (χ1n) is 5.44. The Labute approximate surface area is 152 Å². The molecule has 0 aromatic carbocycles. The first kappa shape index (κ1) is 28.1.